The highest BCUT2D eigenvalue weighted by Gasteiger charge is 2.26. The Morgan fingerprint density at radius 1 is 0.786 bits per heavy atom. The quantitative estimate of drug-likeness (QED) is 0.118. The number of ether oxygens (including phenoxy) is 6. The lowest BCUT2D eigenvalue weighted by molar-refractivity contribution is 0.0512. The summed E-state index contributed by atoms with van der Waals surface area (Å²) in [5.41, 5.74) is 3.27. The summed E-state index contributed by atoms with van der Waals surface area (Å²) in [5, 5.41) is 0.810. The number of carbonyl (C=O) groups is 1. The summed E-state index contributed by atoms with van der Waals surface area (Å²) in [7, 11) is 3.26. The van der Waals surface area contributed by atoms with E-state index in [4.69, 9.17) is 28.4 Å². The number of hydrogen-bond acceptors (Lipinski definition) is 7. The molecule has 1 heterocycles. The van der Waals surface area contributed by atoms with Gasteiger partial charge in [-0.2, -0.15) is 0 Å². The van der Waals surface area contributed by atoms with E-state index in [2.05, 4.69) is 32.9 Å². The van der Waals surface area contributed by atoms with Crippen LogP contribution in [-0.4, -0.2) is 57.8 Å². The number of benzene rings is 3. The zero-order valence-electron chi connectivity index (χ0n) is 25.4. The van der Waals surface area contributed by atoms with Gasteiger partial charge in [0.25, 0.3) is 0 Å². The molecule has 4 rings (SSSR count). The Hall–Kier alpha value is -4.01. The average Bonchev–Trinajstić information content (AvgIpc) is 3.26. The highest BCUT2D eigenvalue weighted by Crippen LogP contribution is 2.38. The second kappa shape index (κ2) is 14.2. The lowest BCUT2D eigenvalue weighted by Crippen LogP contribution is -2.14. The van der Waals surface area contributed by atoms with Crippen molar-refractivity contribution in [3.63, 3.8) is 0 Å². The van der Waals surface area contributed by atoms with Crippen LogP contribution in [0.15, 0.2) is 66.7 Å². The second-order valence-corrected chi connectivity index (χ2v) is 10.9. The second-order valence-electron chi connectivity index (χ2n) is 10.9. The van der Waals surface area contributed by atoms with Gasteiger partial charge in [-0.05, 0) is 59.9 Å². The van der Waals surface area contributed by atoms with Crippen LogP contribution in [0.2, 0.25) is 0 Å². The minimum Gasteiger partial charge on any atom is -0.491 e. The van der Waals surface area contributed by atoms with E-state index in [0.717, 1.165) is 16.5 Å². The third kappa shape index (κ3) is 7.63. The molecule has 0 aliphatic carbocycles. The van der Waals surface area contributed by atoms with Crippen LogP contribution in [0.3, 0.4) is 0 Å². The molecule has 0 atom stereocenters. The molecule has 0 bridgehead atoms. The fourth-order valence-electron chi connectivity index (χ4n) is 4.64. The number of para-hydroxylation sites is 1. The van der Waals surface area contributed by atoms with E-state index in [-0.39, 0.29) is 12.0 Å². The van der Waals surface area contributed by atoms with E-state index in [0.29, 0.717) is 61.7 Å². The number of hydrogen-bond donors (Lipinski definition) is 0. The maximum absolute atomic E-state index is 13.5. The SMILES string of the molecule is CCOC(=O)c1c(Oc2ccc(C(C)(C)C)cc2)c2ccccc2n1Cc1cc(OCCOC)cc(OCCOC)c1. The van der Waals surface area contributed by atoms with Crippen molar-refractivity contribution in [2.75, 3.05) is 47.3 Å². The van der Waals surface area contributed by atoms with Crippen LogP contribution < -0.4 is 14.2 Å². The van der Waals surface area contributed by atoms with Gasteiger partial charge < -0.3 is 33.0 Å². The summed E-state index contributed by atoms with van der Waals surface area (Å²) in [6.45, 7) is 10.6. The Bertz CT molecular complexity index is 1440. The van der Waals surface area contributed by atoms with Crippen LogP contribution in [0.1, 0.15) is 49.3 Å². The van der Waals surface area contributed by atoms with Gasteiger partial charge in [-0.25, -0.2) is 4.79 Å². The lowest BCUT2D eigenvalue weighted by atomic mass is 9.87. The van der Waals surface area contributed by atoms with Crippen LogP contribution in [0, 0.1) is 0 Å². The van der Waals surface area contributed by atoms with Crippen molar-refractivity contribution in [2.24, 2.45) is 0 Å². The van der Waals surface area contributed by atoms with E-state index in [1.165, 1.54) is 5.56 Å². The molecule has 0 unspecified atom stereocenters. The van der Waals surface area contributed by atoms with Crippen LogP contribution >= 0.6 is 0 Å². The zero-order valence-corrected chi connectivity index (χ0v) is 25.4. The number of fused-ring (bicyclic) bond motifs is 1. The van der Waals surface area contributed by atoms with Gasteiger partial charge in [0.05, 0.1) is 25.3 Å². The van der Waals surface area contributed by atoms with Crippen LogP contribution in [0.25, 0.3) is 10.9 Å². The summed E-state index contributed by atoms with van der Waals surface area (Å²) < 4.78 is 36.1. The van der Waals surface area contributed by atoms with Gasteiger partial charge in [-0.15, -0.1) is 0 Å². The molecule has 224 valence electrons. The molecule has 0 aliphatic rings. The Labute approximate surface area is 248 Å². The first-order valence-electron chi connectivity index (χ1n) is 14.2. The van der Waals surface area contributed by atoms with Crippen LogP contribution in [0.5, 0.6) is 23.0 Å². The van der Waals surface area contributed by atoms with Crippen molar-refractivity contribution in [1.29, 1.82) is 0 Å². The molecule has 0 N–H and O–H groups in total. The third-order valence-corrected chi connectivity index (χ3v) is 6.73. The third-order valence-electron chi connectivity index (χ3n) is 6.73. The molecule has 0 amide bonds. The monoisotopic (exact) mass is 575 g/mol. The summed E-state index contributed by atoms with van der Waals surface area (Å²) in [4.78, 5) is 13.5. The maximum Gasteiger partial charge on any atom is 0.358 e. The number of nitrogens with zero attached hydrogens (tertiary/aromatic N) is 1. The predicted octanol–water partition coefficient (Wildman–Crippen LogP) is 7.01. The van der Waals surface area contributed by atoms with Gasteiger partial charge in [0, 0.05) is 32.2 Å². The number of methoxy groups -OCH3 is 2. The first kappa shape index (κ1) is 30.9. The Morgan fingerprint density at radius 3 is 1.98 bits per heavy atom. The Balaban J connectivity index is 1.78. The molecular formula is C34H41NO7. The molecule has 0 spiro atoms. The summed E-state index contributed by atoms with van der Waals surface area (Å²) in [6, 6.07) is 21.5. The Kier molecular flexibility index (Phi) is 10.5. The minimum absolute atomic E-state index is 0.0125. The molecule has 1 aromatic heterocycles. The molecule has 3 aromatic carbocycles. The smallest absolute Gasteiger partial charge is 0.358 e. The molecule has 0 fully saturated rings. The largest absolute Gasteiger partial charge is 0.491 e. The molecule has 0 saturated carbocycles. The van der Waals surface area contributed by atoms with Crippen molar-refractivity contribution in [3.05, 3.63) is 83.6 Å². The van der Waals surface area contributed by atoms with Gasteiger partial charge in [0.15, 0.2) is 11.4 Å². The fraction of sp³-hybridized carbons (Fsp3) is 0.382. The molecule has 0 radical (unpaired) electrons. The van der Waals surface area contributed by atoms with Crippen molar-refractivity contribution in [1.82, 2.24) is 4.57 Å². The number of rotatable bonds is 14. The topological polar surface area (TPSA) is 77.4 Å². The van der Waals surface area contributed by atoms with E-state index in [1.54, 1.807) is 21.1 Å². The molecule has 0 saturated heterocycles. The molecule has 8 heteroatoms. The summed E-state index contributed by atoms with van der Waals surface area (Å²) in [6.07, 6.45) is 0. The minimum atomic E-state index is -0.459. The van der Waals surface area contributed by atoms with E-state index in [9.17, 15) is 4.79 Å². The average molecular weight is 576 g/mol. The summed E-state index contributed by atoms with van der Waals surface area (Å²) in [5.74, 6) is 1.91. The van der Waals surface area contributed by atoms with E-state index < -0.39 is 5.97 Å². The van der Waals surface area contributed by atoms with Gasteiger partial charge in [-0.3, -0.25) is 0 Å². The molecule has 4 aromatic rings. The van der Waals surface area contributed by atoms with E-state index in [1.807, 2.05) is 59.2 Å². The van der Waals surface area contributed by atoms with Gasteiger partial charge in [0.2, 0.25) is 0 Å². The fourth-order valence-corrected chi connectivity index (χ4v) is 4.64. The number of aromatic nitrogens is 1. The van der Waals surface area contributed by atoms with E-state index >= 15 is 0 Å². The zero-order chi connectivity index (χ0) is 30.1. The highest BCUT2D eigenvalue weighted by molar-refractivity contribution is 6.02. The number of carbonyl (C=O) groups excluding carboxylic acids is 1. The predicted molar refractivity (Wildman–Crippen MR) is 163 cm³/mol. The van der Waals surface area contributed by atoms with Gasteiger partial charge in [0.1, 0.15) is 30.5 Å². The Morgan fingerprint density at radius 2 is 1.40 bits per heavy atom. The van der Waals surface area contributed by atoms with Crippen LogP contribution in [0.4, 0.5) is 0 Å². The molecule has 42 heavy (non-hydrogen) atoms. The van der Waals surface area contributed by atoms with Crippen molar-refractivity contribution >= 4 is 16.9 Å². The highest BCUT2D eigenvalue weighted by atomic mass is 16.5. The maximum atomic E-state index is 13.5. The van der Waals surface area contributed by atoms with Crippen LogP contribution in [-0.2, 0) is 26.2 Å². The standard InChI is InChI=1S/C34H41NO7/c1-7-39-33(36)31-32(42-26-14-12-25(13-15-26)34(2,3)4)29-10-8-9-11-30(29)35(31)23-24-20-27(40-18-16-37-5)22-28(21-24)41-19-17-38-6/h8-15,20-22H,7,16-19,23H2,1-6H3. The van der Waals surface area contributed by atoms with Crippen molar-refractivity contribution < 1.29 is 33.2 Å². The number of esters is 1. The summed E-state index contributed by atoms with van der Waals surface area (Å²) >= 11 is 0. The van der Waals surface area contributed by atoms with Crippen molar-refractivity contribution in [2.45, 2.75) is 39.7 Å². The van der Waals surface area contributed by atoms with Gasteiger partial charge >= 0.3 is 5.97 Å². The lowest BCUT2D eigenvalue weighted by Gasteiger charge is -2.19. The van der Waals surface area contributed by atoms with Gasteiger partial charge in [-0.1, -0.05) is 45.0 Å². The first-order valence-corrected chi connectivity index (χ1v) is 14.2. The van der Waals surface area contributed by atoms with Crippen molar-refractivity contribution in [3.8, 4) is 23.0 Å². The molecular weight excluding hydrogens is 534 g/mol. The first-order chi connectivity index (χ1) is 20.2. The normalized spacial score (nSPS) is 11.5. The molecule has 8 nitrogen and oxygen atoms in total. The molecule has 0 aliphatic heterocycles.